The number of aromatic nitrogens is 2. The number of hydrogen-bond donors (Lipinski definition) is 2. The van der Waals surface area contributed by atoms with Crippen LogP contribution in [0.25, 0.3) is 0 Å². The van der Waals surface area contributed by atoms with Crippen LogP contribution in [0.15, 0.2) is 54.2 Å². The third-order valence-corrected chi connectivity index (χ3v) is 6.08. The number of carbonyl (C=O) groups is 2. The number of likely N-dealkylation sites (tertiary alicyclic amines) is 1. The molecule has 1 aromatic carbocycles. The van der Waals surface area contributed by atoms with E-state index in [1.165, 1.54) is 11.3 Å². The van der Waals surface area contributed by atoms with Crippen LogP contribution in [0.5, 0.6) is 5.75 Å². The van der Waals surface area contributed by atoms with Gasteiger partial charge in [-0.25, -0.2) is 4.98 Å². The van der Waals surface area contributed by atoms with E-state index in [0.29, 0.717) is 30.3 Å². The number of anilines is 2. The first-order chi connectivity index (χ1) is 15.6. The highest BCUT2D eigenvalue weighted by molar-refractivity contribution is 7.14. The maximum absolute atomic E-state index is 13.2. The fraction of sp³-hybridized carbons (Fsp3) is 0.304. The van der Waals surface area contributed by atoms with Gasteiger partial charge in [0.15, 0.2) is 5.13 Å². The van der Waals surface area contributed by atoms with Gasteiger partial charge in [-0.3, -0.25) is 14.6 Å². The highest BCUT2D eigenvalue weighted by atomic mass is 32.1. The van der Waals surface area contributed by atoms with Gasteiger partial charge in [-0.05, 0) is 55.2 Å². The number of nitrogens with zero attached hydrogens (tertiary/aromatic N) is 3. The molecule has 1 aliphatic rings. The SMILES string of the molecule is COc1ccc(Nc2nc(C(=O)N3CCCCC3C(=O)NCc3cccnc3)cs2)cc1. The summed E-state index contributed by atoms with van der Waals surface area (Å²) in [7, 11) is 1.62. The second-order valence-electron chi connectivity index (χ2n) is 7.48. The van der Waals surface area contributed by atoms with Crippen LogP contribution in [0.2, 0.25) is 0 Å². The van der Waals surface area contributed by atoms with Crippen molar-refractivity contribution in [1.82, 2.24) is 20.2 Å². The minimum atomic E-state index is -0.493. The van der Waals surface area contributed by atoms with E-state index in [2.05, 4.69) is 20.6 Å². The van der Waals surface area contributed by atoms with E-state index in [9.17, 15) is 9.59 Å². The van der Waals surface area contributed by atoms with Crippen LogP contribution in [0, 0.1) is 0 Å². The van der Waals surface area contributed by atoms with Crippen molar-refractivity contribution < 1.29 is 14.3 Å². The number of carbonyl (C=O) groups excluding carboxylic acids is 2. The van der Waals surface area contributed by atoms with Crippen molar-refractivity contribution in [3.63, 3.8) is 0 Å². The Bertz CT molecular complexity index is 1060. The summed E-state index contributed by atoms with van der Waals surface area (Å²) in [6, 6.07) is 10.7. The van der Waals surface area contributed by atoms with Gasteiger partial charge < -0.3 is 20.3 Å². The van der Waals surface area contributed by atoms with Crippen molar-refractivity contribution in [3.8, 4) is 5.75 Å². The maximum Gasteiger partial charge on any atom is 0.274 e. The van der Waals surface area contributed by atoms with Crippen molar-refractivity contribution in [3.05, 3.63) is 65.4 Å². The zero-order valence-electron chi connectivity index (χ0n) is 17.8. The lowest BCUT2D eigenvalue weighted by atomic mass is 10.0. The van der Waals surface area contributed by atoms with Crippen molar-refractivity contribution in [1.29, 1.82) is 0 Å². The number of hydrogen-bond acceptors (Lipinski definition) is 7. The number of benzene rings is 1. The molecule has 1 fully saturated rings. The molecular formula is C23H25N5O3S. The van der Waals surface area contributed by atoms with Crippen LogP contribution in [0.4, 0.5) is 10.8 Å². The Hall–Kier alpha value is -3.46. The van der Waals surface area contributed by atoms with E-state index in [-0.39, 0.29) is 11.8 Å². The first-order valence-electron chi connectivity index (χ1n) is 10.5. The van der Waals surface area contributed by atoms with E-state index >= 15 is 0 Å². The van der Waals surface area contributed by atoms with Gasteiger partial charge in [0.1, 0.15) is 17.5 Å². The number of piperidine rings is 1. The normalized spacial score (nSPS) is 15.8. The Balaban J connectivity index is 1.40. The van der Waals surface area contributed by atoms with Crippen LogP contribution in [0.3, 0.4) is 0 Å². The maximum atomic E-state index is 13.2. The number of thiazole rings is 1. The zero-order chi connectivity index (χ0) is 22.3. The molecule has 8 nitrogen and oxygen atoms in total. The fourth-order valence-corrected chi connectivity index (χ4v) is 4.34. The average molecular weight is 452 g/mol. The van der Waals surface area contributed by atoms with E-state index in [1.54, 1.807) is 29.8 Å². The van der Waals surface area contributed by atoms with Gasteiger partial charge >= 0.3 is 0 Å². The smallest absolute Gasteiger partial charge is 0.274 e. The third-order valence-electron chi connectivity index (χ3n) is 5.32. The monoisotopic (exact) mass is 451 g/mol. The Labute approximate surface area is 190 Å². The first-order valence-corrected chi connectivity index (χ1v) is 11.4. The van der Waals surface area contributed by atoms with Gasteiger partial charge in [-0.2, -0.15) is 0 Å². The number of pyridine rings is 1. The largest absolute Gasteiger partial charge is 0.497 e. The molecule has 1 atom stereocenters. The van der Waals surface area contributed by atoms with E-state index in [0.717, 1.165) is 29.8 Å². The highest BCUT2D eigenvalue weighted by Crippen LogP contribution is 2.25. The lowest BCUT2D eigenvalue weighted by Crippen LogP contribution is -2.51. The number of rotatable bonds is 7. The molecule has 0 spiro atoms. The number of nitrogens with one attached hydrogen (secondary N) is 2. The molecule has 1 aliphatic heterocycles. The molecule has 2 amide bonds. The Morgan fingerprint density at radius 3 is 2.81 bits per heavy atom. The van der Waals surface area contributed by atoms with Crippen LogP contribution in [-0.2, 0) is 11.3 Å². The summed E-state index contributed by atoms with van der Waals surface area (Å²) < 4.78 is 5.17. The summed E-state index contributed by atoms with van der Waals surface area (Å²) >= 11 is 1.36. The van der Waals surface area contributed by atoms with Crippen LogP contribution >= 0.6 is 11.3 Å². The molecule has 32 heavy (non-hydrogen) atoms. The van der Waals surface area contributed by atoms with Crippen LogP contribution in [0.1, 0.15) is 35.3 Å². The molecule has 0 aliphatic carbocycles. The lowest BCUT2D eigenvalue weighted by Gasteiger charge is -2.34. The molecule has 2 N–H and O–H groups in total. The Morgan fingerprint density at radius 1 is 1.22 bits per heavy atom. The average Bonchev–Trinajstić information content (AvgIpc) is 3.31. The zero-order valence-corrected chi connectivity index (χ0v) is 18.6. The molecule has 0 bridgehead atoms. The van der Waals surface area contributed by atoms with Crippen LogP contribution in [-0.4, -0.2) is 46.4 Å². The van der Waals surface area contributed by atoms with Crippen molar-refractivity contribution in [2.75, 3.05) is 19.0 Å². The summed E-state index contributed by atoms with van der Waals surface area (Å²) in [6.07, 6.45) is 5.84. The molecule has 3 heterocycles. The van der Waals surface area contributed by atoms with E-state index < -0.39 is 6.04 Å². The molecular weight excluding hydrogens is 426 g/mol. The lowest BCUT2D eigenvalue weighted by molar-refractivity contribution is -0.126. The Morgan fingerprint density at radius 2 is 2.06 bits per heavy atom. The third kappa shape index (κ3) is 5.23. The topological polar surface area (TPSA) is 96.5 Å². The molecule has 2 aromatic heterocycles. The van der Waals surface area contributed by atoms with Gasteiger partial charge in [0.2, 0.25) is 5.91 Å². The Kier molecular flexibility index (Phi) is 6.96. The predicted molar refractivity (Wildman–Crippen MR) is 123 cm³/mol. The minimum Gasteiger partial charge on any atom is -0.497 e. The molecule has 9 heteroatoms. The summed E-state index contributed by atoms with van der Waals surface area (Å²) in [5.74, 6) is 0.405. The molecule has 3 aromatic rings. The molecule has 0 radical (unpaired) electrons. The van der Waals surface area contributed by atoms with E-state index in [4.69, 9.17) is 4.74 Å². The van der Waals surface area contributed by atoms with E-state index in [1.807, 2.05) is 36.4 Å². The summed E-state index contributed by atoms with van der Waals surface area (Å²) in [4.78, 5) is 36.2. The molecule has 1 unspecified atom stereocenters. The fourth-order valence-electron chi connectivity index (χ4n) is 3.63. The molecule has 166 valence electrons. The number of ether oxygens (including phenoxy) is 1. The first kappa shape index (κ1) is 21.8. The van der Waals surface area contributed by atoms with Crippen molar-refractivity contribution in [2.24, 2.45) is 0 Å². The van der Waals surface area contributed by atoms with Crippen molar-refractivity contribution in [2.45, 2.75) is 31.8 Å². The number of amides is 2. The van der Waals surface area contributed by atoms with Gasteiger partial charge in [-0.1, -0.05) is 6.07 Å². The minimum absolute atomic E-state index is 0.145. The molecule has 1 saturated heterocycles. The van der Waals surface area contributed by atoms with Crippen LogP contribution < -0.4 is 15.4 Å². The quantitative estimate of drug-likeness (QED) is 0.570. The predicted octanol–water partition coefficient (Wildman–Crippen LogP) is 3.60. The summed E-state index contributed by atoms with van der Waals surface area (Å²) in [5, 5.41) is 8.49. The van der Waals surface area contributed by atoms with Gasteiger partial charge in [0.05, 0.1) is 7.11 Å². The second-order valence-corrected chi connectivity index (χ2v) is 8.34. The standard InChI is InChI=1S/C23H25N5O3S/c1-31-18-9-7-17(8-10-18)26-23-27-19(15-32-23)22(30)28-12-3-2-6-20(28)21(29)25-14-16-5-4-11-24-13-16/h4-5,7-11,13,15,20H,2-3,6,12,14H2,1H3,(H,25,29)(H,26,27). The highest BCUT2D eigenvalue weighted by Gasteiger charge is 2.33. The second kappa shape index (κ2) is 10.2. The summed E-state index contributed by atoms with van der Waals surface area (Å²) in [5.41, 5.74) is 2.12. The van der Waals surface area contributed by atoms with Gasteiger partial charge in [0, 0.05) is 36.6 Å². The van der Waals surface area contributed by atoms with Crippen molar-refractivity contribution >= 4 is 34.0 Å². The molecule has 0 saturated carbocycles. The molecule has 4 rings (SSSR count). The number of methoxy groups -OCH3 is 1. The van der Waals surface area contributed by atoms with Gasteiger partial charge in [0.25, 0.3) is 5.91 Å². The summed E-state index contributed by atoms with van der Waals surface area (Å²) in [6.45, 7) is 0.931. The van der Waals surface area contributed by atoms with Gasteiger partial charge in [-0.15, -0.1) is 11.3 Å².